The van der Waals surface area contributed by atoms with Crippen LogP contribution < -0.4 is 0 Å². The third kappa shape index (κ3) is 2.64. The summed E-state index contributed by atoms with van der Waals surface area (Å²) in [4.78, 5) is 16.4. The van der Waals surface area contributed by atoms with Crippen molar-refractivity contribution in [2.24, 2.45) is 0 Å². The van der Waals surface area contributed by atoms with E-state index < -0.39 is 0 Å². The van der Waals surface area contributed by atoms with Crippen molar-refractivity contribution >= 4 is 23.2 Å². The minimum absolute atomic E-state index is 0.0508. The van der Waals surface area contributed by atoms with Crippen molar-refractivity contribution < 1.29 is 4.79 Å². The van der Waals surface area contributed by atoms with Crippen LogP contribution in [0.15, 0.2) is 42.0 Å². The molecule has 0 unspecified atom stereocenters. The zero-order valence-electron chi connectivity index (χ0n) is 8.88. The lowest BCUT2D eigenvalue weighted by molar-refractivity contribution is 0.105. The molecule has 2 aromatic rings. The van der Waals surface area contributed by atoms with Crippen molar-refractivity contribution in [1.82, 2.24) is 4.98 Å². The first-order valence-electron chi connectivity index (χ1n) is 4.93. The van der Waals surface area contributed by atoms with E-state index in [0.717, 1.165) is 16.0 Å². The van der Waals surface area contributed by atoms with E-state index in [-0.39, 0.29) is 5.78 Å². The summed E-state index contributed by atoms with van der Waals surface area (Å²) in [5, 5.41) is 1.98. The first kappa shape index (κ1) is 10.8. The predicted octanol–water partition coefficient (Wildman–Crippen LogP) is 3.35. The lowest BCUT2D eigenvalue weighted by Gasteiger charge is -1.90. The van der Waals surface area contributed by atoms with Gasteiger partial charge in [0.15, 0.2) is 5.78 Å². The molecule has 0 aromatic carbocycles. The van der Waals surface area contributed by atoms with Crippen molar-refractivity contribution in [2.75, 3.05) is 0 Å². The molecule has 0 saturated heterocycles. The minimum atomic E-state index is 0.0508. The molecular formula is C13H11NOS. The van der Waals surface area contributed by atoms with Crippen molar-refractivity contribution in [3.8, 4) is 0 Å². The van der Waals surface area contributed by atoms with Gasteiger partial charge in [-0.1, -0.05) is 6.08 Å². The molecule has 0 aliphatic heterocycles. The van der Waals surface area contributed by atoms with E-state index in [2.05, 4.69) is 4.98 Å². The summed E-state index contributed by atoms with van der Waals surface area (Å²) in [6.07, 6.45) is 6.82. The fraction of sp³-hybridized carbons (Fsp3) is 0.0769. The number of aromatic nitrogens is 1. The smallest absolute Gasteiger partial charge is 0.195 e. The lowest BCUT2D eigenvalue weighted by Crippen LogP contribution is -1.88. The molecule has 80 valence electrons. The number of nitrogens with zero attached hydrogens (tertiary/aromatic N) is 1. The predicted molar refractivity (Wildman–Crippen MR) is 66.7 cm³/mol. The number of rotatable bonds is 3. The maximum Gasteiger partial charge on any atom is 0.195 e. The van der Waals surface area contributed by atoms with E-state index in [4.69, 9.17) is 0 Å². The number of aryl methyl sites for hydroxylation is 1. The third-order valence-electron chi connectivity index (χ3n) is 2.11. The molecule has 2 nitrogen and oxygen atoms in total. The summed E-state index contributed by atoms with van der Waals surface area (Å²) < 4.78 is 0. The van der Waals surface area contributed by atoms with Crippen LogP contribution in [0.1, 0.15) is 20.8 Å². The Hall–Kier alpha value is -1.74. The first-order valence-corrected chi connectivity index (χ1v) is 5.81. The quantitative estimate of drug-likeness (QED) is 0.596. The number of carbonyl (C=O) groups excluding carboxylic acids is 1. The number of ketones is 1. The van der Waals surface area contributed by atoms with Crippen molar-refractivity contribution in [3.05, 3.63) is 58.1 Å². The second-order valence-corrected chi connectivity index (χ2v) is 4.38. The second-order valence-electron chi connectivity index (χ2n) is 3.47. The Bertz CT molecular complexity index is 514. The average Bonchev–Trinajstić information content (AvgIpc) is 2.74. The van der Waals surface area contributed by atoms with Gasteiger partial charge in [0.05, 0.1) is 4.88 Å². The highest BCUT2D eigenvalue weighted by Crippen LogP contribution is 2.15. The molecule has 2 rings (SSSR count). The SMILES string of the molecule is Cc1csc(C(=O)C=Cc2ccncc2)c1. The van der Waals surface area contributed by atoms with E-state index >= 15 is 0 Å². The molecule has 0 saturated carbocycles. The molecule has 3 heteroatoms. The van der Waals surface area contributed by atoms with Gasteiger partial charge in [-0.3, -0.25) is 9.78 Å². The van der Waals surface area contributed by atoms with Crippen LogP contribution in [0.3, 0.4) is 0 Å². The van der Waals surface area contributed by atoms with Gasteiger partial charge in [-0.15, -0.1) is 11.3 Å². The molecule has 0 bridgehead atoms. The molecule has 16 heavy (non-hydrogen) atoms. The molecule has 0 fully saturated rings. The molecule has 2 aromatic heterocycles. The van der Waals surface area contributed by atoms with E-state index in [1.165, 1.54) is 11.3 Å². The Morgan fingerprint density at radius 2 is 2.12 bits per heavy atom. The highest BCUT2D eigenvalue weighted by molar-refractivity contribution is 7.12. The van der Waals surface area contributed by atoms with Crippen LogP contribution in [0.5, 0.6) is 0 Å². The Kier molecular flexibility index (Phi) is 3.27. The van der Waals surface area contributed by atoms with Gasteiger partial charge in [-0.05, 0) is 47.7 Å². The summed E-state index contributed by atoms with van der Waals surface area (Å²) >= 11 is 1.48. The van der Waals surface area contributed by atoms with Crippen LogP contribution in [-0.2, 0) is 0 Å². The maximum atomic E-state index is 11.7. The Morgan fingerprint density at radius 1 is 1.38 bits per heavy atom. The number of allylic oxidation sites excluding steroid dienone is 1. The highest BCUT2D eigenvalue weighted by Gasteiger charge is 2.03. The van der Waals surface area contributed by atoms with Gasteiger partial charge >= 0.3 is 0 Å². The normalized spacial score (nSPS) is 10.8. The van der Waals surface area contributed by atoms with Gasteiger partial charge in [0, 0.05) is 12.4 Å². The minimum Gasteiger partial charge on any atom is -0.288 e. The Balaban J connectivity index is 2.11. The van der Waals surface area contributed by atoms with E-state index in [0.29, 0.717) is 0 Å². The van der Waals surface area contributed by atoms with Gasteiger partial charge in [0.25, 0.3) is 0 Å². The number of hydrogen-bond donors (Lipinski definition) is 0. The molecule has 0 N–H and O–H groups in total. The van der Waals surface area contributed by atoms with Crippen molar-refractivity contribution in [3.63, 3.8) is 0 Å². The summed E-state index contributed by atoms with van der Waals surface area (Å²) in [5.41, 5.74) is 2.11. The number of thiophene rings is 1. The molecule has 0 aliphatic carbocycles. The van der Waals surface area contributed by atoms with Crippen molar-refractivity contribution in [2.45, 2.75) is 6.92 Å². The zero-order valence-corrected chi connectivity index (χ0v) is 9.70. The fourth-order valence-electron chi connectivity index (χ4n) is 1.29. The summed E-state index contributed by atoms with van der Waals surface area (Å²) in [6.45, 7) is 1.99. The van der Waals surface area contributed by atoms with Gasteiger partial charge in [-0.2, -0.15) is 0 Å². The average molecular weight is 229 g/mol. The summed E-state index contributed by atoms with van der Waals surface area (Å²) in [7, 11) is 0. The van der Waals surface area contributed by atoms with Crippen LogP contribution >= 0.6 is 11.3 Å². The van der Waals surface area contributed by atoms with Crippen LogP contribution in [0, 0.1) is 6.92 Å². The standard InChI is InChI=1S/C13H11NOS/c1-10-8-13(16-9-10)12(15)3-2-11-4-6-14-7-5-11/h2-9H,1H3. The Morgan fingerprint density at radius 3 is 2.75 bits per heavy atom. The number of pyridine rings is 1. The van der Waals surface area contributed by atoms with Gasteiger partial charge in [-0.25, -0.2) is 0 Å². The molecule has 0 spiro atoms. The molecule has 0 amide bonds. The number of carbonyl (C=O) groups is 1. The third-order valence-corrected chi connectivity index (χ3v) is 3.17. The fourth-order valence-corrected chi connectivity index (χ4v) is 2.11. The van der Waals surface area contributed by atoms with Gasteiger partial charge in [0.2, 0.25) is 0 Å². The number of hydrogen-bond acceptors (Lipinski definition) is 3. The second kappa shape index (κ2) is 4.86. The van der Waals surface area contributed by atoms with Crippen LogP contribution in [0.2, 0.25) is 0 Å². The van der Waals surface area contributed by atoms with E-state index in [9.17, 15) is 4.79 Å². The first-order chi connectivity index (χ1) is 7.75. The van der Waals surface area contributed by atoms with Crippen LogP contribution in [0.25, 0.3) is 6.08 Å². The molecular weight excluding hydrogens is 218 g/mol. The Labute approximate surface area is 98.3 Å². The van der Waals surface area contributed by atoms with Crippen LogP contribution in [-0.4, -0.2) is 10.8 Å². The van der Waals surface area contributed by atoms with E-state index in [1.54, 1.807) is 24.5 Å². The van der Waals surface area contributed by atoms with Gasteiger partial charge < -0.3 is 0 Å². The maximum absolute atomic E-state index is 11.7. The molecule has 2 heterocycles. The highest BCUT2D eigenvalue weighted by atomic mass is 32.1. The van der Waals surface area contributed by atoms with Crippen molar-refractivity contribution in [1.29, 1.82) is 0 Å². The molecule has 0 aliphatic rings. The summed E-state index contributed by atoms with van der Waals surface area (Å²) in [6, 6.07) is 5.64. The lowest BCUT2D eigenvalue weighted by atomic mass is 10.2. The zero-order chi connectivity index (χ0) is 11.4. The van der Waals surface area contributed by atoms with E-state index in [1.807, 2.05) is 30.5 Å². The largest absolute Gasteiger partial charge is 0.288 e. The van der Waals surface area contributed by atoms with Gasteiger partial charge in [0.1, 0.15) is 0 Å². The summed E-state index contributed by atoms with van der Waals surface area (Å²) in [5.74, 6) is 0.0508. The topological polar surface area (TPSA) is 30.0 Å². The molecule has 0 radical (unpaired) electrons. The molecule has 0 atom stereocenters. The monoisotopic (exact) mass is 229 g/mol. The van der Waals surface area contributed by atoms with Crippen LogP contribution in [0.4, 0.5) is 0 Å².